The van der Waals surface area contributed by atoms with Crippen LogP contribution < -0.4 is 0 Å². The number of aliphatic hydroxyl groups is 1. The SMILES string of the molecule is CC(C)[Si](OC[C@H]1CC(=O)C[C@@H](O)[C@H]1CO[Si](C(C)C)(C(C)C)C(C)C)(C(C)C)C(C)C. The van der Waals surface area contributed by atoms with Crippen molar-refractivity contribution in [2.24, 2.45) is 11.8 Å². The van der Waals surface area contributed by atoms with E-state index in [0.717, 1.165) is 0 Å². The van der Waals surface area contributed by atoms with Gasteiger partial charge in [-0.25, -0.2) is 0 Å². The van der Waals surface area contributed by atoms with Gasteiger partial charge in [0.25, 0.3) is 0 Å². The zero-order valence-corrected chi connectivity index (χ0v) is 25.2. The van der Waals surface area contributed by atoms with Gasteiger partial charge in [-0.15, -0.1) is 0 Å². The molecule has 190 valence electrons. The van der Waals surface area contributed by atoms with E-state index in [1.54, 1.807) is 0 Å². The molecule has 32 heavy (non-hydrogen) atoms. The zero-order chi connectivity index (χ0) is 25.0. The number of carbonyl (C=O) groups is 1. The fourth-order valence-electron chi connectivity index (χ4n) is 7.15. The molecule has 1 fully saturated rings. The van der Waals surface area contributed by atoms with Gasteiger partial charge in [-0.2, -0.15) is 0 Å². The summed E-state index contributed by atoms with van der Waals surface area (Å²) in [6, 6.07) is 0. The minimum atomic E-state index is -2.03. The van der Waals surface area contributed by atoms with E-state index >= 15 is 0 Å². The molecule has 1 saturated carbocycles. The maximum atomic E-state index is 12.4. The van der Waals surface area contributed by atoms with Gasteiger partial charge < -0.3 is 14.0 Å². The van der Waals surface area contributed by atoms with Gasteiger partial charge in [0, 0.05) is 32.0 Å². The van der Waals surface area contributed by atoms with Gasteiger partial charge in [0.2, 0.25) is 0 Å². The molecule has 0 aromatic carbocycles. The monoisotopic (exact) mass is 486 g/mol. The highest BCUT2D eigenvalue weighted by molar-refractivity contribution is 6.78. The van der Waals surface area contributed by atoms with Crippen molar-refractivity contribution >= 4 is 22.4 Å². The maximum absolute atomic E-state index is 12.4. The molecule has 4 nitrogen and oxygen atoms in total. The maximum Gasteiger partial charge on any atom is 0.200 e. The van der Waals surface area contributed by atoms with Crippen LogP contribution in [0.1, 0.15) is 95.9 Å². The lowest BCUT2D eigenvalue weighted by Gasteiger charge is -2.46. The van der Waals surface area contributed by atoms with Gasteiger partial charge in [-0.3, -0.25) is 4.79 Å². The Morgan fingerprint density at radius 1 is 0.688 bits per heavy atom. The molecule has 0 spiro atoms. The molecule has 0 aromatic rings. The molecule has 0 aliphatic heterocycles. The quantitative estimate of drug-likeness (QED) is 0.293. The van der Waals surface area contributed by atoms with Crippen molar-refractivity contribution in [1.29, 1.82) is 0 Å². The molecule has 1 aliphatic rings. The van der Waals surface area contributed by atoms with Gasteiger partial charge in [-0.05, 0) is 39.2 Å². The van der Waals surface area contributed by atoms with Crippen LogP contribution in [0.4, 0.5) is 0 Å². The highest BCUT2D eigenvalue weighted by Gasteiger charge is 2.49. The van der Waals surface area contributed by atoms with Crippen molar-refractivity contribution in [3.05, 3.63) is 0 Å². The van der Waals surface area contributed by atoms with Crippen molar-refractivity contribution in [3.63, 3.8) is 0 Å². The first kappa shape index (κ1) is 30.0. The summed E-state index contributed by atoms with van der Waals surface area (Å²) in [5, 5.41) is 10.9. The molecule has 1 N–H and O–H groups in total. The lowest BCUT2D eigenvalue weighted by molar-refractivity contribution is -0.129. The second-order valence-electron chi connectivity index (χ2n) is 12.2. The molecule has 1 aliphatic carbocycles. The molecular weight excluding hydrogens is 432 g/mol. The fraction of sp³-hybridized carbons (Fsp3) is 0.962. The summed E-state index contributed by atoms with van der Waals surface area (Å²) >= 11 is 0. The third-order valence-corrected chi connectivity index (χ3v) is 20.7. The van der Waals surface area contributed by atoms with E-state index < -0.39 is 22.7 Å². The summed E-state index contributed by atoms with van der Waals surface area (Å²) in [5.41, 5.74) is 3.02. The Balaban J connectivity index is 3.15. The molecule has 0 aromatic heterocycles. The normalized spacial score (nSPS) is 23.6. The van der Waals surface area contributed by atoms with Crippen LogP contribution in [0.2, 0.25) is 33.2 Å². The van der Waals surface area contributed by atoms with E-state index in [2.05, 4.69) is 83.1 Å². The number of hydrogen-bond acceptors (Lipinski definition) is 4. The van der Waals surface area contributed by atoms with Crippen molar-refractivity contribution in [1.82, 2.24) is 0 Å². The van der Waals surface area contributed by atoms with Crippen LogP contribution in [0.3, 0.4) is 0 Å². The van der Waals surface area contributed by atoms with E-state index in [4.69, 9.17) is 8.85 Å². The number of rotatable bonds is 12. The van der Waals surface area contributed by atoms with Crippen molar-refractivity contribution in [2.45, 2.75) is 135 Å². The summed E-state index contributed by atoms with van der Waals surface area (Å²) in [6.45, 7) is 28.6. The van der Waals surface area contributed by atoms with E-state index in [0.29, 0.717) is 52.9 Å². The van der Waals surface area contributed by atoms with Gasteiger partial charge in [0.15, 0.2) is 16.6 Å². The molecule has 0 unspecified atom stereocenters. The predicted octanol–water partition coefficient (Wildman–Crippen LogP) is 7.33. The van der Waals surface area contributed by atoms with Crippen LogP contribution in [0, 0.1) is 11.8 Å². The zero-order valence-electron chi connectivity index (χ0n) is 23.2. The van der Waals surface area contributed by atoms with E-state index in [1.165, 1.54) is 0 Å². The van der Waals surface area contributed by atoms with Crippen LogP contribution in [0.15, 0.2) is 0 Å². The number of carbonyl (C=O) groups excluding carboxylic acids is 1. The van der Waals surface area contributed by atoms with E-state index in [9.17, 15) is 9.90 Å². The van der Waals surface area contributed by atoms with Gasteiger partial charge in [0.1, 0.15) is 5.78 Å². The molecule has 0 radical (unpaired) electrons. The molecule has 1 rings (SSSR count). The lowest BCUT2D eigenvalue weighted by Crippen LogP contribution is -2.52. The Morgan fingerprint density at radius 2 is 1.03 bits per heavy atom. The Kier molecular flexibility index (Phi) is 11.3. The third-order valence-electron chi connectivity index (χ3n) is 8.51. The van der Waals surface area contributed by atoms with Crippen molar-refractivity contribution in [3.8, 4) is 0 Å². The second kappa shape index (κ2) is 12.1. The Labute approximate surface area is 201 Å². The average molecular weight is 487 g/mol. The Hall–Kier alpha value is -0.0162. The van der Waals surface area contributed by atoms with Gasteiger partial charge >= 0.3 is 0 Å². The third kappa shape index (κ3) is 6.15. The Bertz CT molecular complexity index is 543. The summed E-state index contributed by atoms with van der Waals surface area (Å²) < 4.78 is 13.8. The second-order valence-corrected chi connectivity index (χ2v) is 23.1. The minimum Gasteiger partial charge on any atom is -0.416 e. The molecule has 3 atom stereocenters. The van der Waals surface area contributed by atoms with Crippen molar-refractivity contribution < 1.29 is 18.8 Å². The van der Waals surface area contributed by atoms with Crippen LogP contribution in [0.5, 0.6) is 0 Å². The summed E-state index contributed by atoms with van der Waals surface area (Å²) in [6.07, 6.45) is 0.130. The number of aliphatic hydroxyl groups excluding tert-OH is 1. The number of Topliss-reactive ketones (excluding diaryl/α,β-unsaturated/α-hetero) is 1. The van der Waals surface area contributed by atoms with Crippen LogP contribution in [-0.4, -0.2) is 46.8 Å². The largest absolute Gasteiger partial charge is 0.416 e. The predicted molar refractivity (Wildman–Crippen MR) is 141 cm³/mol. The smallest absolute Gasteiger partial charge is 0.200 e. The highest BCUT2D eigenvalue weighted by Crippen LogP contribution is 2.45. The lowest BCUT2D eigenvalue weighted by atomic mass is 9.77. The number of ketones is 1. The molecule has 0 bridgehead atoms. The number of hydrogen-bond donors (Lipinski definition) is 1. The van der Waals surface area contributed by atoms with Crippen molar-refractivity contribution in [2.75, 3.05) is 13.2 Å². The van der Waals surface area contributed by atoms with E-state index in [1.807, 2.05) is 0 Å². The topological polar surface area (TPSA) is 55.8 Å². The van der Waals surface area contributed by atoms with Crippen LogP contribution in [0.25, 0.3) is 0 Å². The fourth-order valence-corrected chi connectivity index (χ4v) is 18.1. The molecule has 0 heterocycles. The molecular formula is C26H54O4Si2. The van der Waals surface area contributed by atoms with Gasteiger partial charge in [-0.1, -0.05) is 83.1 Å². The first-order valence-corrected chi connectivity index (χ1v) is 17.4. The molecule has 0 amide bonds. The Morgan fingerprint density at radius 3 is 1.38 bits per heavy atom. The van der Waals surface area contributed by atoms with Crippen LogP contribution in [-0.2, 0) is 13.6 Å². The van der Waals surface area contributed by atoms with E-state index in [-0.39, 0.29) is 24.0 Å². The van der Waals surface area contributed by atoms with Crippen LogP contribution >= 0.6 is 0 Å². The molecule has 6 heteroatoms. The minimum absolute atomic E-state index is 0.0333. The van der Waals surface area contributed by atoms with Gasteiger partial charge in [0.05, 0.1) is 6.10 Å². The highest BCUT2D eigenvalue weighted by atomic mass is 28.4. The molecule has 0 saturated heterocycles. The summed E-state index contributed by atoms with van der Waals surface area (Å²) in [5.74, 6) is 0.162. The standard InChI is InChI=1S/C26H54O4Si2/c1-17(2)31(18(3)4,19(5)6)29-15-23-13-24(27)14-26(28)25(23)16-30-32(20(7)8,21(9)10)22(11)12/h17-23,25-26,28H,13-16H2,1-12H3/t23-,25+,26-/m1/s1. The first-order chi connectivity index (χ1) is 14.6. The summed E-state index contributed by atoms with van der Waals surface area (Å²) in [4.78, 5) is 12.4. The average Bonchev–Trinajstić information content (AvgIpc) is 2.62. The summed E-state index contributed by atoms with van der Waals surface area (Å²) in [7, 11) is -4.05. The first-order valence-electron chi connectivity index (χ1n) is 13.1.